The molecule has 6 N–H and O–H groups in total. The summed E-state index contributed by atoms with van der Waals surface area (Å²) in [5.41, 5.74) is 1.72. The number of carboxylic acids is 1. The minimum atomic E-state index is -1.09. The van der Waals surface area contributed by atoms with E-state index in [1.807, 2.05) is 13.1 Å². The normalized spacial score (nSPS) is 14.5. The summed E-state index contributed by atoms with van der Waals surface area (Å²) in [4.78, 5) is 33.7. The van der Waals surface area contributed by atoms with E-state index >= 15 is 0 Å². The Morgan fingerprint density at radius 3 is 2.89 bits per heavy atom. The van der Waals surface area contributed by atoms with Gasteiger partial charge in [0.2, 0.25) is 0 Å². The number of benzene rings is 1. The molecule has 0 fully saturated rings. The minimum Gasteiger partial charge on any atom is -0.492 e. The molecule has 35 heavy (non-hydrogen) atoms. The number of aliphatic hydroxyl groups is 1. The summed E-state index contributed by atoms with van der Waals surface area (Å²) >= 11 is 0. The first kappa shape index (κ1) is 25.9. The highest BCUT2D eigenvalue weighted by molar-refractivity contribution is 6.32. The minimum absolute atomic E-state index is 0.237. The zero-order valence-corrected chi connectivity index (χ0v) is 19.7. The molecule has 0 aliphatic carbocycles. The van der Waals surface area contributed by atoms with Crippen LogP contribution in [0.4, 0.5) is 17.3 Å². The number of likely N-dealkylation sites (N-methyl/N-ethyl adjacent to an activating group) is 1. The van der Waals surface area contributed by atoms with Gasteiger partial charge in [0.05, 0.1) is 17.7 Å². The smallest absolute Gasteiger partial charge is 0.323 e. The Morgan fingerprint density at radius 2 is 2.14 bits per heavy atom. The van der Waals surface area contributed by atoms with E-state index in [-0.39, 0.29) is 12.5 Å². The SMILES string of the molecule is CNCCCNc1ncnc2c1/C(=C/Nc1cccc(OCCN(C)[C@@H](CO)C(=O)O)c1)C(=O)N2. The zero-order valence-electron chi connectivity index (χ0n) is 19.7. The van der Waals surface area contributed by atoms with Gasteiger partial charge in [0.25, 0.3) is 5.91 Å². The number of fused-ring (bicyclic) bond motifs is 1. The Balaban J connectivity index is 1.64. The van der Waals surface area contributed by atoms with Gasteiger partial charge in [-0.05, 0) is 39.2 Å². The lowest BCUT2D eigenvalue weighted by molar-refractivity contribution is -0.144. The van der Waals surface area contributed by atoms with Crippen LogP contribution in [0.2, 0.25) is 0 Å². The van der Waals surface area contributed by atoms with Crippen LogP contribution in [-0.2, 0) is 9.59 Å². The van der Waals surface area contributed by atoms with Crippen LogP contribution < -0.4 is 26.0 Å². The second-order valence-electron chi connectivity index (χ2n) is 7.88. The van der Waals surface area contributed by atoms with E-state index < -0.39 is 18.6 Å². The maximum Gasteiger partial charge on any atom is 0.323 e. The number of aromatic nitrogens is 2. The molecule has 0 unspecified atom stereocenters. The molecule has 1 aliphatic heterocycles. The number of nitrogens with one attached hydrogen (secondary N) is 4. The van der Waals surface area contributed by atoms with Crippen molar-refractivity contribution in [2.45, 2.75) is 12.5 Å². The third-order valence-electron chi connectivity index (χ3n) is 5.41. The number of hydrogen-bond acceptors (Lipinski definition) is 10. The summed E-state index contributed by atoms with van der Waals surface area (Å²) in [6.07, 6.45) is 3.91. The number of carbonyl (C=O) groups is 2. The maximum absolute atomic E-state index is 12.6. The number of carboxylic acid groups (broad SMARTS) is 1. The molecule has 0 saturated carbocycles. The predicted octanol–water partition coefficient (Wildman–Crippen LogP) is 0.659. The van der Waals surface area contributed by atoms with Gasteiger partial charge in [0.15, 0.2) is 0 Å². The van der Waals surface area contributed by atoms with Crippen LogP contribution in [0, 0.1) is 0 Å². The van der Waals surface area contributed by atoms with Crippen molar-refractivity contribution in [1.29, 1.82) is 0 Å². The predicted molar refractivity (Wildman–Crippen MR) is 132 cm³/mol. The molecule has 1 aliphatic rings. The molecule has 1 amide bonds. The number of nitrogens with zero attached hydrogens (tertiary/aromatic N) is 3. The third kappa shape index (κ3) is 6.88. The van der Waals surface area contributed by atoms with E-state index in [1.54, 1.807) is 31.4 Å². The summed E-state index contributed by atoms with van der Waals surface area (Å²) < 4.78 is 5.73. The molecule has 12 heteroatoms. The number of rotatable bonds is 14. The standard InChI is InChI=1S/C23H31N7O5/c1-24-7-4-8-25-20-19-17(22(32)29-21(19)28-14-27-20)12-26-15-5-3-6-16(11-15)35-10-9-30(2)18(13-31)23(33)34/h3,5-6,11-12,14,18,24,26,31H,4,7-10,13H2,1-2H3,(H,33,34)(H2,25,27,28,29,32)/b17-12-/t18-/m0/s1. The average molecular weight is 486 g/mol. The van der Waals surface area contributed by atoms with Crippen LogP contribution in [0.5, 0.6) is 5.75 Å². The van der Waals surface area contributed by atoms with Gasteiger partial charge < -0.3 is 36.2 Å². The number of amides is 1. The highest BCUT2D eigenvalue weighted by atomic mass is 16.5. The van der Waals surface area contributed by atoms with Crippen LogP contribution in [0.1, 0.15) is 12.0 Å². The summed E-state index contributed by atoms with van der Waals surface area (Å²) in [7, 11) is 3.50. The number of aliphatic carboxylic acids is 1. The maximum atomic E-state index is 12.6. The van der Waals surface area contributed by atoms with Gasteiger partial charge in [-0.25, -0.2) is 9.97 Å². The molecule has 0 bridgehead atoms. The molecule has 0 saturated heterocycles. The van der Waals surface area contributed by atoms with Crippen LogP contribution >= 0.6 is 0 Å². The Morgan fingerprint density at radius 1 is 1.31 bits per heavy atom. The fraction of sp³-hybridized carbons (Fsp3) is 0.391. The number of carbonyl (C=O) groups excluding carboxylic acids is 1. The third-order valence-corrected chi connectivity index (χ3v) is 5.41. The van der Waals surface area contributed by atoms with Crippen molar-refractivity contribution in [2.24, 2.45) is 0 Å². The molecule has 1 aromatic carbocycles. The average Bonchev–Trinajstić information content (AvgIpc) is 3.16. The number of aliphatic hydroxyl groups excluding tert-OH is 1. The topological polar surface area (TPSA) is 161 Å². The Bertz CT molecular complexity index is 1060. The highest BCUT2D eigenvalue weighted by Gasteiger charge is 2.29. The lowest BCUT2D eigenvalue weighted by atomic mass is 10.1. The van der Waals surface area contributed by atoms with E-state index in [2.05, 4.69) is 31.2 Å². The van der Waals surface area contributed by atoms with Crippen molar-refractivity contribution in [2.75, 3.05) is 62.9 Å². The second kappa shape index (κ2) is 12.6. The molecule has 1 aromatic heterocycles. The zero-order chi connectivity index (χ0) is 25.2. The van der Waals surface area contributed by atoms with Crippen molar-refractivity contribution in [3.8, 4) is 5.75 Å². The van der Waals surface area contributed by atoms with Crippen LogP contribution in [0.15, 0.2) is 36.8 Å². The first-order chi connectivity index (χ1) is 16.9. The number of hydrogen-bond donors (Lipinski definition) is 6. The first-order valence-corrected chi connectivity index (χ1v) is 11.2. The molecular formula is C23H31N7O5. The largest absolute Gasteiger partial charge is 0.492 e. The van der Waals surface area contributed by atoms with Gasteiger partial charge in [-0.3, -0.25) is 14.5 Å². The molecule has 0 radical (unpaired) electrons. The van der Waals surface area contributed by atoms with Crippen molar-refractivity contribution in [3.63, 3.8) is 0 Å². The van der Waals surface area contributed by atoms with E-state index in [1.165, 1.54) is 11.2 Å². The monoisotopic (exact) mass is 485 g/mol. The Labute approximate surface area is 203 Å². The Kier molecular flexibility index (Phi) is 9.35. The second-order valence-corrected chi connectivity index (χ2v) is 7.88. The fourth-order valence-corrected chi connectivity index (χ4v) is 3.47. The van der Waals surface area contributed by atoms with Gasteiger partial charge in [-0.1, -0.05) is 6.07 Å². The molecular weight excluding hydrogens is 454 g/mol. The van der Waals surface area contributed by atoms with E-state index in [0.717, 1.165) is 13.0 Å². The van der Waals surface area contributed by atoms with Crippen LogP contribution in [-0.4, -0.2) is 89.9 Å². The summed E-state index contributed by atoms with van der Waals surface area (Å²) in [6.45, 7) is 1.63. The highest BCUT2D eigenvalue weighted by Crippen LogP contribution is 2.34. The van der Waals surface area contributed by atoms with Gasteiger partial charge in [0.1, 0.15) is 36.4 Å². The van der Waals surface area contributed by atoms with Crippen molar-refractivity contribution >= 4 is 34.8 Å². The van der Waals surface area contributed by atoms with Crippen molar-refractivity contribution in [1.82, 2.24) is 20.2 Å². The summed E-state index contributed by atoms with van der Waals surface area (Å²) in [5.74, 6) is 0.246. The molecule has 0 spiro atoms. The fourth-order valence-electron chi connectivity index (χ4n) is 3.47. The van der Waals surface area contributed by atoms with Gasteiger partial charge in [-0.2, -0.15) is 0 Å². The molecule has 1 atom stereocenters. The molecule has 2 heterocycles. The van der Waals surface area contributed by atoms with E-state index in [4.69, 9.17) is 9.84 Å². The summed E-state index contributed by atoms with van der Waals surface area (Å²) in [5, 5.41) is 30.6. The molecule has 12 nitrogen and oxygen atoms in total. The van der Waals surface area contributed by atoms with Gasteiger partial charge in [0, 0.05) is 31.0 Å². The number of anilines is 3. The van der Waals surface area contributed by atoms with Gasteiger partial charge in [-0.15, -0.1) is 0 Å². The first-order valence-electron chi connectivity index (χ1n) is 11.2. The van der Waals surface area contributed by atoms with Gasteiger partial charge >= 0.3 is 5.97 Å². The lowest BCUT2D eigenvalue weighted by Crippen LogP contribution is -2.43. The quantitative estimate of drug-likeness (QED) is 0.165. The Hall–Kier alpha value is -3.74. The number of ether oxygens (including phenoxy) is 1. The van der Waals surface area contributed by atoms with E-state index in [9.17, 15) is 14.7 Å². The van der Waals surface area contributed by atoms with Crippen molar-refractivity contribution < 1.29 is 24.5 Å². The van der Waals surface area contributed by atoms with Crippen LogP contribution in [0.3, 0.4) is 0 Å². The van der Waals surface area contributed by atoms with Crippen molar-refractivity contribution in [3.05, 3.63) is 42.4 Å². The lowest BCUT2D eigenvalue weighted by Gasteiger charge is -2.22. The molecule has 2 aromatic rings. The van der Waals surface area contributed by atoms with Crippen LogP contribution in [0.25, 0.3) is 5.57 Å². The van der Waals surface area contributed by atoms with E-state index in [0.29, 0.717) is 47.3 Å². The summed E-state index contributed by atoms with van der Waals surface area (Å²) in [6, 6.07) is 6.19. The molecule has 3 rings (SSSR count). The molecule has 188 valence electrons.